The van der Waals surface area contributed by atoms with Gasteiger partial charge in [-0.3, -0.25) is 9.69 Å². The van der Waals surface area contributed by atoms with Crippen molar-refractivity contribution in [2.45, 2.75) is 19.3 Å². The van der Waals surface area contributed by atoms with Crippen molar-refractivity contribution in [2.75, 3.05) is 11.4 Å². The number of nitrogens with zero attached hydrogens (tertiary/aromatic N) is 1. The summed E-state index contributed by atoms with van der Waals surface area (Å²) in [5, 5.41) is 0. The van der Waals surface area contributed by atoms with Gasteiger partial charge in [-0.1, -0.05) is 24.1 Å². The largest absolute Gasteiger partial charge is 0.300 e. The Morgan fingerprint density at radius 1 is 1.40 bits per heavy atom. The molecule has 15 heavy (non-hydrogen) atoms. The third-order valence-electron chi connectivity index (χ3n) is 2.90. The first-order chi connectivity index (χ1) is 7.09. The Kier molecular flexibility index (Phi) is 2.04. The van der Waals surface area contributed by atoms with Crippen LogP contribution in [0.3, 0.4) is 0 Å². The van der Waals surface area contributed by atoms with E-state index < -0.39 is 5.41 Å². The number of benzene rings is 1. The van der Waals surface area contributed by atoms with E-state index in [-0.39, 0.29) is 5.91 Å². The Labute approximate surface area is 89.9 Å². The summed E-state index contributed by atoms with van der Waals surface area (Å²) >= 11 is 0. The van der Waals surface area contributed by atoms with Gasteiger partial charge < -0.3 is 0 Å². The molecule has 2 nitrogen and oxygen atoms in total. The maximum atomic E-state index is 12.1. The molecule has 0 aromatic heterocycles. The van der Waals surface area contributed by atoms with Gasteiger partial charge in [0.2, 0.25) is 5.91 Å². The van der Waals surface area contributed by atoms with Crippen LogP contribution in [0.15, 0.2) is 24.3 Å². The van der Waals surface area contributed by atoms with E-state index in [1.807, 2.05) is 38.1 Å². The number of fused-ring (bicyclic) bond motifs is 1. The smallest absolute Gasteiger partial charge is 0.238 e. The molecule has 1 aliphatic heterocycles. The molecule has 0 saturated carbocycles. The second-order valence-corrected chi connectivity index (χ2v) is 4.24. The average molecular weight is 199 g/mol. The van der Waals surface area contributed by atoms with Crippen LogP contribution >= 0.6 is 0 Å². The highest BCUT2D eigenvalue weighted by atomic mass is 16.2. The molecule has 0 aliphatic carbocycles. The molecule has 1 aliphatic rings. The zero-order valence-corrected chi connectivity index (χ0v) is 8.95. The molecular weight excluding hydrogens is 186 g/mol. The molecule has 1 aromatic rings. The SMILES string of the molecule is C#CCN1C(=O)C(C)(C)c2ccccc21. The van der Waals surface area contributed by atoms with E-state index in [1.54, 1.807) is 4.90 Å². The molecular formula is C13H13NO. The van der Waals surface area contributed by atoms with Crippen LogP contribution in [-0.4, -0.2) is 12.5 Å². The number of hydrogen-bond acceptors (Lipinski definition) is 1. The summed E-state index contributed by atoms with van der Waals surface area (Å²) in [6.45, 7) is 4.22. The zero-order valence-electron chi connectivity index (χ0n) is 8.95. The van der Waals surface area contributed by atoms with Gasteiger partial charge in [0, 0.05) is 5.69 Å². The molecule has 1 aromatic carbocycles. The maximum Gasteiger partial charge on any atom is 0.238 e. The minimum absolute atomic E-state index is 0.0849. The van der Waals surface area contributed by atoms with Gasteiger partial charge in [-0.05, 0) is 25.5 Å². The molecule has 76 valence electrons. The van der Waals surface area contributed by atoms with Crippen molar-refractivity contribution in [1.82, 2.24) is 0 Å². The number of carbonyl (C=O) groups is 1. The molecule has 0 unspecified atom stereocenters. The molecule has 2 heteroatoms. The third kappa shape index (κ3) is 1.24. The van der Waals surface area contributed by atoms with Crippen LogP contribution in [0.2, 0.25) is 0 Å². The second kappa shape index (κ2) is 3.13. The second-order valence-electron chi connectivity index (χ2n) is 4.24. The van der Waals surface area contributed by atoms with E-state index >= 15 is 0 Å². The fourth-order valence-corrected chi connectivity index (χ4v) is 2.05. The number of terminal acetylenes is 1. The van der Waals surface area contributed by atoms with Gasteiger partial charge in [0.1, 0.15) is 0 Å². The average Bonchev–Trinajstić information content (AvgIpc) is 2.42. The molecule has 2 rings (SSSR count). The minimum Gasteiger partial charge on any atom is -0.300 e. The van der Waals surface area contributed by atoms with Gasteiger partial charge in [-0.2, -0.15) is 0 Å². The van der Waals surface area contributed by atoms with Crippen LogP contribution in [0.4, 0.5) is 5.69 Å². The number of carbonyl (C=O) groups excluding carboxylic acids is 1. The first-order valence-corrected chi connectivity index (χ1v) is 4.94. The lowest BCUT2D eigenvalue weighted by atomic mass is 9.86. The summed E-state index contributed by atoms with van der Waals surface area (Å²) < 4.78 is 0. The van der Waals surface area contributed by atoms with Gasteiger partial charge in [0.25, 0.3) is 0 Å². The summed E-state index contributed by atoms with van der Waals surface area (Å²) in [5.74, 6) is 2.61. The topological polar surface area (TPSA) is 20.3 Å². The lowest BCUT2D eigenvalue weighted by Gasteiger charge is -2.18. The van der Waals surface area contributed by atoms with E-state index in [2.05, 4.69) is 5.92 Å². The summed E-state index contributed by atoms with van der Waals surface area (Å²) in [6.07, 6.45) is 5.27. The molecule has 1 heterocycles. The maximum absolute atomic E-state index is 12.1. The monoisotopic (exact) mass is 199 g/mol. The molecule has 0 fully saturated rings. The number of amides is 1. The summed E-state index contributed by atoms with van der Waals surface area (Å²) in [4.78, 5) is 13.8. The molecule has 1 amide bonds. The minimum atomic E-state index is -0.451. The van der Waals surface area contributed by atoms with E-state index in [9.17, 15) is 4.79 Å². The van der Waals surface area contributed by atoms with Crippen molar-refractivity contribution in [3.63, 3.8) is 0 Å². The van der Waals surface area contributed by atoms with Crippen LogP contribution in [0.1, 0.15) is 19.4 Å². The van der Waals surface area contributed by atoms with Crippen molar-refractivity contribution in [3.8, 4) is 12.3 Å². The van der Waals surface area contributed by atoms with Crippen molar-refractivity contribution >= 4 is 11.6 Å². The quantitative estimate of drug-likeness (QED) is 0.633. The van der Waals surface area contributed by atoms with E-state index in [1.165, 1.54) is 0 Å². The van der Waals surface area contributed by atoms with Crippen molar-refractivity contribution in [1.29, 1.82) is 0 Å². The van der Waals surface area contributed by atoms with E-state index in [4.69, 9.17) is 6.42 Å². The molecule has 0 bridgehead atoms. The van der Waals surface area contributed by atoms with Crippen LogP contribution in [0.25, 0.3) is 0 Å². The number of anilines is 1. The first kappa shape index (κ1) is 9.79. The number of rotatable bonds is 1. The van der Waals surface area contributed by atoms with Crippen molar-refractivity contribution in [3.05, 3.63) is 29.8 Å². The predicted octanol–water partition coefficient (Wildman–Crippen LogP) is 1.94. The Morgan fingerprint density at radius 2 is 2.07 bits per heavy atom. The van der Waals surface area contributed by atoms with Crippen LogP contribution in [-0.2, 0) is 10.2 Å². The van der Waals surface area contributed by atoms with Crippen molar-refractivity contribution in [2.24, 2.45) is 0 Å². The lowest BCUT2D eigenvalue weighted by molar-refractivity contribution is -0.121. The Bertz CT molecular complexity index is 454. The van der Waals surface area contributed by atoms with Gasteiger partial charge in [-0.15, -0.1) is 6.42 Å². The van der Waals surface area contributed by atoms with Crippen LogP contribution in [0, 0.1) is 12.3 Å². The highest BCUT2D eigenvalue weighted by Crippen LogP contribution is 2.40. The highest BCUT2D eigenvalue weighted by molar-refractivity contribution is 6.07. The molecule has 0 N–H and O–H groups in total. The Morgan fingerprint density at radius 3 is 2.73 bits per heavy atom. The summed E-state index contributed by atoms with van der Waals surface area (Å²) in [6, 6.07) is 7.81. The van der Waals surface area contributed by atoms with E-state index in [0.29, 0.717) is 6.54 Å². The van der Waals surface area contributed by atoms with Gasteiger partial charge in [0.15, 0.2) is 0 Å². The third-order valence-corrected chi connectivity index (χ3v) is 2.90. The van der Waals surface area contributed by atoms with Gasteiger partial charge >= 0.3 is 0 Å². The normalized spacial score (nSPS) is 17.4. The Balaban J connectivity index is 2.58. The van der Waals surface area contributed by atoms with Gasteiger partial charge in [0.05, 0.1) is 12.0 Å². The van der Waals surface area contributed by atoms with Crippen molar-refractivity contribution < 1.29 is 4.79 Å². The fraction of sp³-hybridized carbons (Fsp3) is 0.308. The van der Waals surface area contributed by atoms with Crippen LogP contribution in [0.5, 0.6) is 0 Å². The predicted molar refractivity (Wildman–Crippen MR) is 60.7 cm³/mol. The molecule has 0 radical (unpaired) electrons. The number of hydrogen-bond donors (Lipinski definition) is 0. The van der Waals surface area contributed by atoms with Gasteiger partial charge in [-0.25, -0.2) is 0 Å². The lowest BCUT2D eigenvalue weighted by Crippen LogP contribution is -2.36. The zero-order chi connectivity index (χ0) is 11.1. The standard InChI is InChI=1S/C13H13NO/c1-4-9-14-11-8-6-5-7-10(11)13(2,3)12(14)15/h1,5-8H,9H2,2-3H3. The number of para-hydroxylation sites is 1. The van der Waals surface area contributed by atoms with E-state index in [0.717, 1.165) is 11.3 Å². The summed E-state index contributed by atoms with van der Waals surface area (Å²) in [5.41, 5.74) is 1.56. The highest BCUT2D eigenvalue weighted by Gasteiger charge is 2.42. The van der Waals surface area contributed by atoms with Crippen LogP contribution < -0.4 is 4.90 Å². The molecule has 0 atom stereocenters. The molecule has 0 saturated heterocycles. The Hall–Kier alpha value is -1.75. The summed E-state index contributed by atoms with van der Waals surface area (Å²) in [7, 11) is 0. The first-order valence-electron chi connectivity index (χ1n) is 4.94. The molecule has 0 spiro atoms. The fourth-order valence-electron chi connectivity index (χ4n) is 2.05.